The quantitative estimate of drug-likeness (QED) is 0.897. The predicted octanol–water partition coefficient (Wildman–Crippen LogP) is 2.90. The van der Waals surface area contributed by atoms with E-state index in [4.69, 9.17) is 5.26 Å². The average Bonchev–Trinajstić information content (AvgIpc) is 2.70. The lowest BCUT2D eigenvalue weighted by molar-refractivity contribution is 0.414. The van der Waals surface area contributed by atoms with Gasteiger partial charge in [-0.3, -0.25) is 0 Å². The van der Waals surface area contributed by atoms with Gasteiger partial charge in [-0.1, -0.05) is 0 Å². The summed E-state index contributed by atoms with van der Waals surface area (Å²) in [6.07, 6.45) is 2.08. The van der Waals surface area contributed by atoms with Crippen LogP contribution in [0.15, 0.2) is 30.5 Å². The van der Waals surface area contributed by atoms with Gasteiger partial charge in [0, 0.05) is 35.7 Å². The number of nitriles is 1. The van der Waals surface area contributed by atoms with Crippen LogP contribution in [-0.4, -0.2) is 16.7 Å². The van der Waals surface area contributed by atoms with Crippen molar-refractivity contribution in [3.63, 3.8) is 0 Å². The predicted molar refractivity (Wildman–Crippen MR) is 74.4 cm³/mol. The van der Waals surface area contributed by atoms with Crippen molar-refractivity contribution in [1.29, 1.82) is 5.26 Å². The highest BCUT2D eigenvalue weighted by Crippen LogP contribution is 2.17. The number of benzene rings is 1. The Morgan fingerprint density at radius 2 is 2.06 bits per heavy atom. The van der Waals surface area contributed by atoms with Crippen molar-refractivity contribution >= 4 is 10.9 Å². The Labute approximate surface area is 108 Å². The summed E-state index contributed by atoms with van der Waals surface area (Å²) in [6.45, 7) is 8.37. The Kier molecular flexibility index (Phi) is 3.40. The second-order valence-electron chi connectivity index (χ2n) is 5.57. The summed E-state index contributed by atoms with van der Waals surface area (Å²) in [4.78, 5) is 0. The van der Waals surface area contributed by atoms with Crippen LogP contribution in [-0.2, 0) is 6.54 Å². The van der Waals surface area contributed by atoms with Gasteiger partial charge < -0.3 is 9.88 Å². The molecule has 0 fully saturated rings. The molecule has 94 valence electrons. The normalized spacial score (nSPS) is 11.7. The first-order valence-corrected chi connectivity index (χ1v) is 6.24. The third kappa shape index (κ3) is 2.91. The molecule has 2 aromatic rings. The van der Waals surface area contributed by atoms with Crippen LogP contribution in [0.2, 0.25) is 0 Å². The van der Waals surface area contributed by atoms with Crippen LogP contribution in [0.3, 0.4) is 0 Å². The van der Waals surface area contributed by atoms with E-state index in [1.807, 2.05) is 18.2 Å². The summed E-state index contributed by atoms with van der Waals surface area (Å²) in [5, 5.41) is 13.5. The maximum Gasteiger partial charge on any atom is 0.0991 e. The van der Waals surface area contributed by atoms with Crippen LogP contribution in [0.1, 0.15) is 26.3 Å². The molecule has 0 saturated heterocycles. The minimum absolute atomic E-state index is 0.150. The van der Waals surface area contributed by atoms with Gasteiger partial charge in [0.25, 0.3) is 0 Å². The molecular formula is C15H19N3. The highest BCUT2D eigenvalue weighted by molar-refractivity contribution is 5.81. The average molecular weight is 241 g/mol. The topological polar surface area (TPSA) is 40.8 Å². The lowest BCUT2D eigenvalue weighted by Crippen LogP contribution is -2.37. The van der Waals surface area contributed by atoms with E-state index in [0.717, 1.165) is 18.5 Å². The number of fused-ring (bicyclic) bond motifs is 1. The molecule has 0 aliphatic heterocycles. The van der Waals surface area contributed by atoms with Crippen molar-refractivity contribution in [2.45, 2.75) is 32.9 Å². The number of rotatable bonds is 3. The Balaban J connectivity index is 2.13. The maximum absolute atomic E-state index is 8.87. The van der Waals surface area contributed by atoms with Crippen LogP contribution < -0.4 is 5.32 Å². The molecule has 0 spiro atoms. The number of nitrogens with zero attached hydrogens (tertiary/aromatic N) is 2. The molecule has 0 saturated carbocycles. The van der Waals surface area contributed by atoms with Crippen molar-refractivity contribution in [1.82, 2.24) is 9.88 Å². The summed E-state index contributed by atoms with van der Waals surface area (Å²) >= 11 is 0. The fourth-order valence-corrected chi connectivity index (χ4v) is 2.02. The van der Waals surface area contributed by atoms with Gasteiger partial charge in [0.15, 0.2) is 0 Å². The van der Waals surface area contributed by atoms with Gasteiger partial charge in [0.05, 0.1) is 11.6 Å². The van der Waals surface area contributed by atoms with Gasteiger partial charge >= 0.3 is 0 Å². The minimum Gasteiger partial charge on any atom is -0.346 e. The summed E-state index contributed by atoms with van der Waals surface area (Å²) in [7, 11) is 0. The van der Waals surface area contributed by atoms with Crippen molar-refractivity contribution < 1.29 is 0 Å². The fraction of sp³-hybridized carbons (Fsp3) is 0.400. The van der Waals surface area contributed by atoms with Gasteiger partial charge in [-0.25, -0.2) is 0 Å². The Morgan fingerprint density at radius 3 is 2.72 bits per heavy atom. The first kappa shape index (κ1) is 12.7. The Morgan fingerprint density at radius 1 is 1.28 bits per heavy atom. The second-order valence-corrected chi connectivity index (χ2v) is 5.57. The monoisotopic (exact) mass is 241 g/mol. The van der Waals surface area contributed by atoms with Crippen LogP contribution in [0.4, 0.5) is 0 Å². The molecule has 18 heavy (non-hydrogen) atoms. The largest absolute Gasteiger partial charge is 0.346 e. The van der Waals surface area contributed by atoms with E-state index in [9.17, 15) is 0 Å². The molecule has 0 radical (unpaired) electrons. The van der Waals surface area contributed by atoms with Gasteiger partial charge in [-0.05, 0) is 45.0 Å². The molecule has 0 atom stereocenters. The fourth-order valence-electron chi connectivity index (χ4n) is 2.02. The van der Waals surface area contributed by atoms with Crippen LogP contribution in [0.5, 0.6) is 0 Å². The number of aromatic nitrogens is 1. The molecular weight excluding hydrogens is 222 g/mol. The van der Waals surface area contributed by atoms with Gasteiger partial charge in [-0.2, -0.15) is 5.26 Å². The number of nitrogens with one attached hydrogen (secondary N) is 1. The SMILES string of the molecule is CC(C)(C)NCCn1ccc2cc(C#N)ccc21. The molecule has 0 bridgehead atoms. The van der Waals surface area contributed by atoms with E-state index in [1.165, 1.54) is 5.52 Å². The molecule has 0 amide bonds. The van der Waals surface area contributed by atoms with E-state index < -0.39 is 0 Å². The summed E-state index contributed by atoms with van der Waals surface area (Å²) < 4.78 is 2.22. The zero-order valence-electron chi connectivity index (χ0n) is 11.2. The molecule has 2 rings (SSSR count). The van der Waals surface area contributed by atoms with Crippen LogP contribution in [0, 0.1) is 11.3 Å². The number of hydrogen-bond donors (Lipinski definition) is 1. The van der Waals surface area contributed by atoms with Gasteiger partial charge in [0.2, 0.25) is 0 Å². The Bertz CT molecular complexity index is 582. The lowest BCUT2D eigenvalue weighted by Gasteiger charge is -2.20. The molecule has 0 unspecified atom stereocenters. The van der Waals surface area contributed by atoms with E-state index in [-0.39, 0.29) is 5.54 Å². The second kappa shape index (κ2) is 4.83. The van der Waals surface area contributed by atoms with Crippen molar-refractivity contribution in [2.75, 3.05) is 6.54 Å². The number of hydrogen-bond acceptors (Lipinski definition) is 2. The first-order valence-electron chi connectivity index (χ1n) is 6.24. The zero-order chi connectivity index (χ0) is 13.2. The van der Waals surface area contributed by atoms with Gasteiger partial charge in [-0.15, -0.1) is 0 Å². The molecule has 3 heteroatoms. The molecule has 1 aromatic carbocycles. The molecule has 0 aliphatic rings. The third-order valence-corrected chi connectivity index (χ3v) is 2.91. The summed E-state index contributed by atoms with van der Waals surface area (Å²) in [5.41, 5.74) is 2.05. The first-order chi connectivity index (χ1) is 8.49. The van der Waals surface area contributed by atoms with Crippen LogP contribution in [0.25, 0.3) is 10.9 Å². The maximum atomic E-state index is 8.87. The summed E-state index contributed by atoms with van der Waals surface area (Å²) in [6, 6.07) is 10.1. The van der Waals surface area contributed by atoms with Crippen molar-refractivity contribution in [3.05, 3.63) is 36.0 Å². The Hall–Kier alpha value is -1.79. The minimum atomic E-state index is 0.150. The van der Waals surface area contributed by atoms with E-state index in [0.29, 0.717) is 5.56 Å². The summed E-state index contributed by atoms with van der Waals surface area (Å²) in [5.74, 6) is 0. The standard InChI is InChI=1S/C15H19N3/c1-15(2,3)17-7-9-18-8-6-13-10-12(11-16)4-5-14(13)18/h4-6,8,10,17H,7,9H2,1-3H3. The smallest absolute Gasteiger partial charge is 0.0991 e. The van der Waals surface area contributed by atoms with Gasteiger partial charge in [0.1, 0.15) is 0 Å². The molecule has 1 heterocycles. The highest BCUT2D eigenvalue weighted by Gasteiger charge is 2.08. The molecule has 1 aromatic heterocycles. The molecule has 1 N–H and O–H groups in total. The zero-order valence-corrected chi connectivity index (χ0v) is 11.2. The van der Waals surface area contributed by atoms with Crippen molar-refractivity contribution in [2.24, 2.45) is 0 Å². The molecule has 3 nitrogen and oxygen atoms in total. The highest BCUT2D eigenvalue weighted by atomic mass is 15.0. The van der Waals surface area contributed by atoms with Crippen LogP contribution >= 0.6 is 0 Å². The van der Waals surface area contributed by atoms with E-state index in [1.54, 1.807) is 0 Å². The third-order valence-electron chi connectivity index (χ3n) is 2.91. The van der Waals surface area contributed by atoms with Crippen molar-refractivity contribution in [3.8, 4) is 6.07 Å². The van der Waals surface area contributed by atoms with E-state index >= 15 is 0 Å². The molecule has 0 aliphatic carbocycles. The lowest BCUT2D eigenvalue weighted by atomic mass is 10.1. The van der Waals surface area contributed by atoms with E-state index in [2.05, 4.69) is 49.0 Å².